The molecule has 35 heavy (non-hydrogen) atoms. The summed E-state index contributed by atoms with van der Waals surface area (Å²) in [5.41, 5.74) is 1.69. The van der Waals surface area contributed by atoms with Crippen molar-refractivity contribution in [3.63, 3.8) is 0 Å². The second-order valence-corrected chi connectivity index (χ2v) is 11.3. The first-order valence-electron chi connectivity index (χ1n) is 12.5. The van der Waals surface area contributed by atoms with Crippen LogP contribution < -0.4 is 14.8 Å². The molecule has 1 amide bonds. The van der Waals surface area contributed by atoms with Gasteiger partial charge in [0.15, 0.2) is 11.5 Å². The predicted molar refractivity (Wildman–Crippen MR) is 134 cm³/mol. The number of carbonyl (C=O) groups excluding carboxylic acids is 1. The van der Waals surface area contributed by atoms with E-state index in [9.17, 15) is 4.79 Å². The van der Waals surface area contributed by atoms with Gasteiger partial charge in [0.2, 0.25) is 5.13 Å². The lowest BCUT2D eigenvalue weighted by Crippen LogP contribution is -2.48. The second-order valence-electron chi connectivity index (χ2n) is 10.3. The van der Waals surface area contributed by atoms with E-state index in [4.69, 9.17) is 9.47 Å². The maximum absolute atomic E-state index is 13.0. The first-order chi connectivity index (χ1) is 17.1. The fraction of sp³-hybridized carbons (Fsp3) is 0.481. The van der Waals surface area contributed by atoms with Crippen LogP contribution >= 0.6 is 11.3 Å². The molecule has 1 N–H and O–H groups in total. The van der Waals surface area contributed by atoms with Crippen LogP contribution in [0.3, 0.4) is 0 Å². The Balaban J connectivity index is 1.15. The highest BCUT2D eigenvalue weighted by molar-refractivity contribution is 7.15. The molecule has 0 radical (unpaired) electrons. The van der Waals surface area contributed by atoms with Crippen LogP contribution in [0.2, 0.25) is 0 Å². The zero-order chi connectivity index (χ0) is 23.8. The van der Waals surface area contributed by atoms with Gasteiger partial charge in [0, 0.05) is 23.4 Å². The lowest BCUT2D eigenvalue weighted by molar-refractivity contribution is -0.00555. The van der Waals surface area contributed by atoms with Crippen LogP contribution in [0.1, 0.15) is 66.4 Å². The van der Waals surface area contributed by atoms with E-state index in [2.05, 4.69) is 20.5 Å². The van der Waals surface area contributed by atoms with Gasteiger partial charge < -0.3 is 9.47 Å². The van der Waals surface area contributed by atoms with Gasteiger partial charge in [-0.2, -0.15) is 0 Å². The molecule has 3 aromatic rings. The molecule has 4 aliphatic carbocycles. The van der Waals surface area contributed by atoms with E-state index < -0.39 is 0 Å². The maximum Gasteiger partial charge on any atom is 0.257 e. The summed E-state index contributed by atoms with van der Waals surface area (Å²) in [5, 5.41) is 13.6. The molecular weight excluding hydrogens is 460 g/mol. The summed E-state index contributed by atoms with van der Waals surface area (Å²) in [6.45, 7) is 2.78. The Morgan fingerprint density at radius 2 is 1.71 bits per heavy atom. The van der Waals surface area contributed by atoms with Gasteiger partial charge in [0.1, 0.15) is 11.6 Å². The monoisotopic (exact) mass is 490 g/mol. The zero-order valence-corrected chi connectivity index (χ0v) is 20.7. The summed E-state index contributed by atoms with van der Waals surface area (Å²) in [5.74, 6) is 3.46. The van der Waals surface area contributed by atoms with E-state index in [1.807, 2.05) is 19.1 Å². The van der Waals surface area contributed by atoms with E-state index in [0.29, 0.717) is 35.4 Å². The summed E-state index contributed by atoms with van der Waals surface area (Å²) in [4.78, 5) is 17.1. The largest absolute Gasteiger partial charge is 0.490 e. The molecule has 2 heterocycles. The predicted octanol–water partition coefficient (Wildman–Crippen LogP) is 5.63. The van der Waals surface area contributed by atoms with E-state index in [-0.39, 0.29) is 11.3 Å². The lowest BCUT2D eigenvalue weighted by atomic mass is 9.50. The summed E-state index contributed by atoms with van der Waals surface area (Å²) < 4.78 is 11.7. The number of nitrogens with one attached hydrogen (secondary N) is 1. The smallest absolute Gasteiger partial charge is 0.257 e. The van der Waals surface area contributed by atoms with Gasteiger partial charge in [0.25, 0.3) is 5.91 Å². The number of rotatable bonds is 8. The minimum atomic E-state index is -0.222. The summed E-state index contributed by atoms with van der Waals surface area (Å²) >= 11 is 1.55. The van der Waals surface area contributed by atoms with Crippen molar-refractivity contribution >= 4 is 22.4 Å². The van der Waals surface area contributed by atoms with Crippen molar-refractivity contribution in [1.29, 1.82) is 0 Å². The Morgan fingerprint density at radius 1 is 1.00 bits per heavy atom. The molecule has 182 valence electrons. The van der Waals surface area contributed by atoms with Gasteiger partial charge in [-0.15, -0.1) is 10.2 Å². The second kappa shape index (κ2) is 9.22. The average Bonchev–Trinajstić information content (AvgIpc) is 3.33. The number of carbonyl (C=O) groups is 1. The Kier molecular flexibility index (Phi) is 5.92. The molecule has 7 nitrogen and oxygen atoms in total. The molecule has 0 spiro atoms. The van der Waals surface area contributed by atoms with Gasteiger partial charge in [-0.3, -0.25) is 15.1 Å². The Labute approximate surface area is 209 Å². The number of amides is 1. The SMILES string of the molecule is CCOc1cc(C(=O)Nc2nnc(C34CC5CC(CC(C5)C3)C4)s2)ccc1OCc1ccncc1. The number of anilines is 1. The van der Waals surface area contributed by atoms with Crippen LogP contribution in [0.25, 0.3) is 0 Å². The van der Waals surface area contributed by atoms with Gasteiger partial charge in [-0.25, -0.2) is 0 Å². The van der Waals surface area contributed by atoms with Crippen molar-refractivity contribution in [2.75, 3.05) is 11.9 Å². The number of hydrogen-bond acceptors (Lipinski definition) is 7. The van der Waals surface area contributed by atoms with Gasteiger partial charge >= 0.3 is 0 Å². The molecule has 0 saturated heterocycles. The van der Waals surface area contributed by atoms with Crippen LogP contribution in [0.5, 0.6) is 11.5 Å². The van der Waals surface area contributed by atoms with Gasteiger partial charge in [-0.05, 0) is 99.1 Å². The van der Waals surface area contributed by atoms with Crippen LogP contribution in [-0.4, -0.2) is 27.7 Å². The summed E-state index contributed by atoms with van der Waals surface area (Å²) in [6, 6.07) is 9.06. The van der Waals surface area contributed by atoms with Gasteiger partial charge in [0.05, 0.1) is 6.61 Å². The van der Waals surface area contributed by atoms with Crippen LogP contribution in [0, 0.1) is 17.8 Å². The summed E-state index contributed by atoms with van der Waals surface area (Å²) in [7, 11) is 0. The summed E-state index contributed by atoms with van der Waals surface area (Å²) in [6.07, 6.45) is 11.4. The molecule has 7 rings (SSSR count). The molecule has 0 atom stereocenters. The number of ether oxygens (including phenoxy) is 2. The third-order valence-corrected chi connectivity index (χ3v) is 8.87. The molecule has 8 heteroatoms. The molecule has 4 bridgehead atoms. The van der Waals surface area contributed by atoms with Crippen molar-refractivity contribution in [1.82, 2.24) is 15.2 Å². The van der Waals surface area contributed by atoms with Crippen LogP contribution in [0.4, 0.5) is 5.13 Å². The van der Waals surface area contributed by atoms with Crippen LogP contribution in [-0.2, 0) is 12.0 Å². The average molecular weight is 491 g/mol. The Morgan fingerprint density at radius 3 is 2.40 bits per heavy atom. The molecule has 1 aromatic carbocycles. The third kappa shape index (κ3) is 4.51. The van der Waals surface area contributed by atoms with E-state index >= 15 is 0 Å². The zero-order valence-electron chi connectivity index (χ0n) is 19.9. The molecule has 4 aliphatic rings. The van der Waals surface area contributed by atoms with Crippen molar-refractivity contribution in [2.24, 2.45) is 17.8 Å². The van der Waals surface area contributed by atoms with Crippen molar-refractivity contribution in [2.45, 2.75) is 57.5 Å². The fourth-order valence-electron chi connectivity index (χ4n) is 6.71. The third-order valence-electron chi connectivity index (χ3n) is 7.79. The molecule has 4 fully saturated rings. The molecule has 4 saturated carbocycles. The Hall–Kier alpha value is -3.00. The molecule has 0 aliphatic heterocycles. The minimum absolute atomic E-state index is 0.186. The number of benzene rings is 1. The van der Waals surface area contributed by atoms with Crippen molar-refractivity contribution in [3.05, 3.63) is 58.9 Å². The molecule has 0 unspecified atom stereocenters. The highest BCUT2D eigenvalue weighted by Gasteiger charge is 2.53. The highest BCUT2D eigenvalue weighted by atomic mass is 32.1. The lowest BCUT2D eigenvalue weighted by Gasteiger charge is -2.55. The molecular formula is C27H30N4O3S. The highest BCUT2D eigenvalue weighted by Crippen LogP contribution is 2.61. The van der Waals surface area contributed by atoms with E-state index in [0.717, 1.165) is 28.3 Å². The first-order valence-corrected chi connectivity index (χ1v) is 13.4. The first kappa shape index (κ1) is 22.5. The number of hydrogen-bond donors (Lipinski definition) is 1. The van der Waals surface area contributed by atoms with E-state index in [1.165, 1.54) is 38.5 Å². The standard InChI is InChI=1S/C27H30N4O3S/c1-2-33-23-12-21(3-4-22(23)34-16-17-5-7-28-8-6-17)24(32)29-26-31-30-25(35-26)27-13-18-9-19(14-27)11-20(10-18)15-27/h3-8,12,18-20H,2,9-11,13-16H2,1H3,(H,29,31,32). The normalized spacial score (nSPS) is 26.5. The maximum atomic E-state index is 13.0. The Bertz CT molecular complexity index is 1180. The van der Waals surface area contributed by atoms with E-state index in [1.54, 1.807) is 41.9 Å². The minimum Gasteiger partial charge on any atom is -0.490 e. The van der Waals surface area contributed by atoms with Gasteiger partial charge in [-0.1, -0.05) is 11.3 Å². The van der Waals surface area contributed by atoms with Crippen molar-refractivity contribution in [3.8, 4) is 11.5 Å². The fourth-order valence-corrected chi connectivity index (χ4v) is 7.66. The number of nitrogens with zero attached hydrogens (tertiary/aromatic N) is 3. The number of pyridine rings is 1. The molecule has 2 aromatic heterocycles. The topological polar surface area (TPSA) is 86.2 Å². The van der Waals surface area contributed by atoms with Crippen LogP contribution in [0.15, 0.2) is 42.7 Å². The van der Waals surface area contributed by atoms with Crippen molar-refractivity contribution < 1.29 is 14.3 Å². The quantitative estimate of drug-likeness (QED) is 0.440. The number of aromatic nitrogens is 3.